The molecule has 1 aromatic carbocycles. The van der Waals surface area contributed by atoms with E-state index in [1.165, 1.54) is 6.07 Å². The molecule has 2 rings (SSSR count). The maximum absolute atomic E-state index is 11.5. The van der Waals surface area contributed by atoms with Gasteiger partial charge >= 0.3 is 11.7 Å². The minimum Gasteiger partial charge on any atom is -0.465 e. The van der Waals surface area contributed by atoms with E-state index in [1.54, 1.807) is 0 Å². The first kappa shape index (κ1) is 11.6. The normalized spacial score (nSPS) is 12.4. The Morgan fingerprint density at radius 2 is 2.29 bits per heavy atom. The van der Waals surface area contributed by atoms with Crippen LogP contribution in [0.4, 0.5) is 5.69 Å². The Bertz CT molecular complexity index is 515. The first-order valence-electron chi connectivity index (χ1n) is 4.41. The molecule has 0 atom stereocenters. The third kappa shape index (κ3) is 1.80. The van der Waals surface area contributed by atoms with Gasteiger partial charge in [-0.25, -0.2) is 4.79 Å². The summed E-state index contributed by atoms with van der Waals surface area (Å²) in [5.74, 6) is -0.656. The number of nitrogens with zero attached hydrogens (tertiary/aromatic N) is 1. The van der Waals surface area contributed by atoms with E-state index in [0.717, 1.165) is 7.11 Å². The summed E-state index contributed by atoms with van der Waals surface area (Å²) in [5.41, 5.74) is -0.652. The number of esters is 1. The molecule has 1 aliphatic rings. The van der Waals surface area contributed by atoms with Gasteiger partial charge in [-0.15, -0.1) is 0 Å². The Morgan fingerprint density at radius 3 is 2.88 bits per heavy atom. The third-order valence-electron chi connectivity index (χ3n) is 2.16. The van der Waals surface area contributed by atoms with Crippen molar-refractivity contribution in [1.82, 2.24) is 0 Å². The highest BCUT2D eigenvalue weighted by Crippen LogP contribution is 2.46. The van der Waals surface area contributed by atoms with Crippen molar-refractivity contribution in [3.05, 3.63) is 26.2 Å². The van der Waals surface area contributed by atoms with Crippen LogP contribution in [-0.2, 0) is 4.74 Å². The smallest absolute Gasteiger partial charge is 0.346 e. The van der Waals surface area contributed by atoms with Crippen LogP contribution in [0.2, 0.25) is 0 Å². The summed E-state index contributed by atoms with van der Waals surface area (Å²) in [7, 11) is 1.14. The molecule has 0 N–H and O–H groups in total. The van der Waals surface area contributed by atoms with Crippen molar-refractivity contribution in [3.63, 3.8) is 0 Å². The largest absolute Gasteiger partial charge is 0.465 e. The number of ether oxygens (including phenoxy) is 3. The quantitative estimate of drug-likeness (QED) is 0.471. The number of halogens is 1. The van der Waals surface area contributed by atoms with Crippen molar-refractivity contribution in [2.24, 2.45) is 0 Å². The first-order valence-corrected chi connectivity index (χ1v) is 5.20. The molecule has 0 spiro atoms. The molecule has 0 amide bonds. The molecule has 17 heavy (non-hydrogen) atoms. The molecular formula is C9H6BrNO6. The summed E-state index contributed by atoms with van der Waals surface area (Å²) in [6, 6.07) is 1.43. The summed E-state index contributed by atoms with van der Waals surface area (Å²) >= 11 is 3.07. The van der Waals surface area contributed by atoms with Gasteiger partial charge in [0.05, 0.1) is 12.0 Å². The lowest BCUT2D eigenvalue weighted by atomic mass is 10.1. The zero-order valence-corrected chi connectivity index (χ0v) is 10.1. The standard InChI is InChI=1S/C9H6BrNO6/c1-15-9(12)6-4(10)2-5-8(17-3-16-5)7(6)11(13)14/h2H,3H2,1H3. The Labute approximate surface area is 104 Å². The van der Waals surface area contributed by atoms with Gasteiger partial charge in [0.15, 0.2) is 11.3 Å². The Morgan fingerprint density at radius 1 is 1.59 bits per heavy atom. The predicted molar refractivity (Wildman–Crippen MR) is 58.3 cm³/mol. The van der Waals surface area contributed by atoms with E-state index in [-0.39, 0.29) is 28.3 Å². The zero-order valence-electron chi connectivity index (χ0n) is 8.56. The Kier molecular flexibility index (Phi) is 2.88. The number of benzene rings is 1. The number of methoxy groups -OCH3 is 1. The summed E-state index contributed by atoms with van der Waals surface area (Å²) in [6.45, 7) is -0.118. The zero-order chi connectivity index (χ0) is 12.6. The average molecular weight is 304 g/mol. The van der Waals surface area contributed by atoms with Crippen LogP contribution in [-0.4, -0.2) is 24.8 Å². The number of nitro groups is 1. The lowest BCUT2D eigenvalue weighted by molar-refractivity contribution is -0.386. The van der Waals surface area contributed by atoms with E-state index in [9.17, 15) is 14.9 Å². The maximum Gasteiger partial charge on any atom is 0.346 e. The molecule has 0 aromatic heterocycles. The van der Waals surface area contributed by atoms with E-state index >= 15 is 0 Å². The number of nitro benzene ring substituents is 1. The monoisotopic (exact) mass is 303 g/mol. The number of hydrogen-bond acceptors (Lipinski definition) is 6. The highest BCUT2D eigenvalue weighted by Gasteiger charge is 2.35. The van der Waals surface area contributed by atoms with Gasteiger partial charge in [-0.2, -0.15) is 0 Å². The van der Waals surface area contributed by atoms with Crippen LogP contribution in [0.15, 0.2) is 10.5 Å². The lowest BCUT2D eigenvalue weighted by Gasteiger charge is -2.06. The van der Waals surface area contributed by atoms with Crippen molar-refractivity contribution in [3.8, 4) is 11.5 Å². The van der Waals surface area contributed by atoms with Crippen molar-refractivity contribution < 1.29 is 23.9 Å². The van der Waals surface area contributed by atoms with Crippen LogP contribution >= 0.6 is 15.9 Å². The molecule has 1 aliphatic heterocycles. The number of rotatable bonds is 2. The molecule has 90 valence electrons. The number of carbonyl (C=O) groups excluding carboxylic acids is 1. The topological polar surface area (TPSA) is 87.9 Å². The number of carbonyl (C=O) groups is 1. The fourth-order valence-electron chi connectivity index (χ4n) is 1.47. The molecular weight excluding hydrogens is 298 g/mol. The second kappa shape index (κ2) is 4.21. The molecule has 0 radical (unpaired) electrons. The van der Waals surface area contributed by atoms with Crippen molar-refractivity contribution in [1.29, 1.82) is 0 Å². The summed E-state index contributed by atoms with van der Waals surface area (Å²) in [6.07, 6.45) is 0. The van der Waals surface area contributed by atoms with Crippen LogP contribution in [0.3, 0.4) is 0 Å². The van der Waals surface area contributed by atoms with E-state index in [4.69, 9.17) is 9.47 Å². The predicted octanol–water partition coefficient (Wildman–Crippen LogP) is 1.87. The van der Waals surface area contributed by atoms with Crippen LogP contribution < -0.4 is 9.47 Å². The molecule has 1 heterocycles. The molecule has 0 aliphatic carbocycles. The van der Waals surface area contributed by atoms with Gasteiger partial charge in [-0.1, -0.05) is 0 Å². The Balaban J connectivity index is 2.73. The van der Waals surface area contributed by atoms with Crippen LogP contribution in [0.5, 0.6) is 11.5 Å². The molecule has 7 nitrogen and oxygen atoms in total. The van der Waals surface area contributed by atoms with Gasteiger partial charge < -0.3 is 14.2 Å². The van der Waals surface area contributed by atoms with E-state index < -0.39 is 16.6 Å². The van der Waals surface area contributed by atoms with E-state index in [1.807, 2.05) is 0 Å². The summed E-state index contributed by atoms with van der Waals surface area (Å²) < 4.78 is 14.7. The minimum atomic E-state index is -0.818. The van der Waals surface area contributed by atoms with Crippen LogP contribution in [0, 0.1) is 10.1 Å². The van der Waals surface area contributed by atoms with Gasteiger partial charge in [0.1, 0.15) is 0 Å². The van der Waals surface area contributed by atoms with Crippen molar-refractivity contribution in [2.45, 2.75) is 0 Å². The molecule has 0 saturated carbocycles. The Hall–Kier alpha value is -1.83. The van der Waals surface area contributed by atoms with Crippen LogP contribution in [0.1, 0.15) is 10.4 Å². The second-order valence-electron chi connectivity index (χ2n) is 3.06. The van der Waals surface area contributed by atoms with Gasteiger partial charge in [0.25, 0.3) is 0 Å². The number of fused-ring (bicyclic) bond motifs is 1. The van der Waals surface area contributed by atoms with E-state index in [2.05, 4.69) is 20.7 Å². The van der Waals surface area contributed by atoms with Gasteiger partial charge in [-0.3, -0.25) is 10.1 Å². The van der Waals surface area contributed by atoms with Gasteiger partial charge in [0.2, 0.25) is 12.5 Å². The van der Waals surface area contributed by atoms with Crippen LogP contribution in [0.25, 0.3) is 0 Å². The lowest BCUT2D eigenvalue weighted by Crippen LogP contribution is -2.07. The SMILES string of the molecule is COC(=O)c1c(Br)cc2c(c1[N+](=O)[O-])OCO2. The van der Waals surface area contributed by atoms with Gasteiger partial charge in [0, 0.05) is 4.47 Å². The summed E-state index contributed by atoms with van der Waals surface area (Å²) in [4.78, 5) is 21.8. The number of hydrogen-bond donors (Lipinski definition) is 0. The summed E-state index contributed by atoms with van der Waals surface area (Å²) in [5, 5.41) is 11.0. The molecule has 0 unspecified atom stereocenters. The van der Waals surface area contributed by atoms with E-state index in [0.29, 0.717) is 0 Å². The second-order valence-corrected chi connectivity index (χ2v) is 3.92. The molecule has 0 fully saturated rings. The highest BCUT2D eigenvalue weighted by molar-refractivity contribution is 9.10. The van der Waals surface area contributed by atoms with Gasteiger partial charge in [-0.05, 0) is 22.0 Å². The molecule has 0 bridgehead atoms. The fraction of sp³-hybridized carbons (Fsp3) is 0.222. The minimum absolute atomic E-state index is 0.0569. The molecule has 8 heteroatoms. The highest BCUT2D eigenvalue weighted by atomic mass is 79.9. The average Bonchev–Trinajstić information content (AvgIpc) is 2.73. The molecule has 1 aromatic rings. The maximum atomic E-state index is 11.5. The van der Waals surface area contributed by atoms with Crippen molar-refractivity contribution in [2.75, 3.05) is 13.9 Å². The third-order valence-corrected chi connectivity index (χ3v) is 2.79. The molecule has 0 saturated heterocycles. The fourth-order valence-corrected chi connectivity index (χ4v) is 2.02. The first-order chi connectivity index (χ1) is 8.06. The van der Waals surface area contributed by atoms with Crippen molar-refractivity contribution >= 4 is 27.6 Å².